The van der Waals surface area contributed by atoms with Gasteiger partial charge in [0.1, 0.15) is 12.2 Å². The Bertz CT molecular complexity index is 2020. The Morgan fingerprint density at radius 3 is 2.35 bits per heavy atom. The number of carboxylic acids is 1. The molecule has 1 N–H and O–H groups in total. The van der Waals surface area contributed by atoms with Crippen LogP contribution in [-0.2, 0) is 20.7 Å². The molecule has 2 aliphatic heterocycles. The summed E-state index contributed by atoms with van der Waals surface area (Å²) in [5.74, 6) is -4.07. The van der Waals surface area contributed by atoms with Gasteiger partial charge in [-0.15, -0.1) is 33.5 Å². The van der Waals surface area contributed by atoms with Crippen LogP contribution in [0.25, 0.3) is 35.2 Å². The summed E-state index contributed by atoms with van der Waals surface area (Å²) in [6, 6.07) is 0. The van der Waals surface area contributed by atoms with Crippen LogP contribution in [0.3, 0.4) is 0 Å². The first kappa shape index (κ1) is 33.0. The number of carbonyl (C=O) groups is 4. The largest absolute Gasteiger partial charge is 2.00 e. The first-order chi connectivity index (χ1) is 21.5. The Hall–Kier alpha value is -4.35. The minimum Gasteiger partial charge on any atom is -0.664 e. The van der Waals surface area contributed by atoms with Crippen molar-refractivity contribution in [2.75, 3.05) is 7.11 Å². The van der Waals surface area contributed by atoms with Gasteiger partial charge in [0.05, 0.1) is 7.11 Å². The van der Waals surface area contributed by atoms with Gasteiger partial charge in [-0.1, -0.05) is 67.0 Å². The van der Waals surface area contributed by atoms with Crippen molar-refractivity contribution in [3.8, 4) is 0 Å². The van der Waals surface area contributed by atoms with Crippen LogP contribution in [0.2, 0.25) is 0 Å². The molecule has 1 fully saturated rings. The van der Waals surface area contributed by atoms with Crippen molar-refractivity contribution in [2.24, 2.45) is 17.8 Å². The minimum atomic E-state index is -1.28. The molecule has 0 aromatic carbocycles. The maximum atomic E-state index is 14.0. The molecule has 11 heteroatoms. The molecule has 5 heterocycles. The van der Waals surface area contributed by atoms with E-state index in [1.807, 2.05) is 26.8 Å². The third-order valence-electron chi connectivity index (χ3n) is 9.30. The van der Waals surface area contributed by atoms with Gasteiger partial charge in [0.15, 0.2) is 5.78 Å². The van der Waals surface area contributed by atoms with Crippen molar-refractivity contribution < 1.29 is 29.0 Å². The Morgan fingerprint density at radius 1 is 1.02 bits per heavy atom. The zero-order chi connectivity index (χ0) is 32.3. The fourth-order valence-corrected chi connectivity index (χ4v) is 6.88. The van der Waals surface area contributed by atoms with Gasteiger partial charge in [-0.05, 0) is 44.1 Å². The summed E-state index contributed by atoms with van der Waals surface area (Å²) in [7, 11) is 1.23. The van der Waals surface area contributed by atoms with E-state index >= 15 is 0 Å². The van der Waals surface area contributed by atoms with Gasteiger partial charge in [-0.2, -0.15) is 11.4 Å². The Kier molecular flexibility index (Phi) is 8.93. The quantitative estimate of drug-likeness (QED) is 0.180. The van der Waals surface area contributed by atoms with Crippen molar-refractivity contribution >= 4 is 76.9 Å². The van der Waals surface area contributed by atoms with Crippen LogP contribution >= 0.6 is 0 Å². The van der Waals surface area contributed by atoms with Gasteiger partial charge < -0.3 is 30.1 Å². The number of hydrogen-bond acceptors (Lipinski definition) is 5. The molecule has 0 radical (unpaired) electrons. The molecule has 1 saturated heterocycles. The molecular weight excluding hydrogens is 597 g/mol. The Balaban J connectivity index is 0.00000417. The molecule has 3 atom stereocenters. The Morgan fingerprint density at radius 2 is 1.72 bits per heavy atom. The number of fused-ring (bicyclic) bond motifs is 7. The van der Waals surface area contributed by atoms with E-state index in [4.69, 9.17) is 25.0 Å². The van der Waals surface area contributed by atoms with Crippen molar-refractivity contribution in [2.45, 2.75) is 47.0 Å². The third-order valence-corrected chi connectivity index (χ3v) is 9.30. The van der Waals surface area contributed by atoms with E-state index in [0.29, 0.717) is 73.6 Å². The summed E-state index contributed by atoms with van der Waals surface area (Å²) >= 11 is 0. The molecule has 1 aliphatic carbocycles. The van der Waals surface area contributed by atoms with Crippen LogP contribution in [0.5, 0.6) is 0 Å². The third kappa shape index (κ3) is 5.02. The van der Waals surface area contributed by atoms with E-state index in [2.05, 4.69) is 6.58 Å². The van der Waals surface area contributed by atoms with Crippen LogP contribution < -0.4 is 25.7 Å². The van der Waals surface area contributed by atoms with E-state index in [1.165, 1.54) is 7.11 Å². The summed E-state index contributed by atoms with van der Waals surface area (Å²) in [5, 5.41) is 15.6. The van der Waals surface area contributed by atoms with Crippen LogP contribution in [0.15, 0.2) is 18.0 Å². The number of esters is 1. The maximum absolute atomic E-state index is 14.0. The smallest absolute Gasteiger partial charge is 0.664 e. The average molecular weight is 629 g/mol. The molecule has 46 heavy (non-hydrogen) atoms. The predicted molar refractivity (Wildman–Crippen MR) is 173 cm³/mol. The normalized spacial score (nSPS) is 23.6. The first-order valence-electron chi connectivity index (χ1n) is 14.9. The number of rotatable bonds is 7. The number of Topliss-reactive ketones (excluding diaryl/α,β-unsaturated/α-hetero) is 1. The first-order valence-corrected chi connectivity index (χ1v) is 14.9. The molecule has 0 unspecified atom stereocenters. The molecular formula is C35H32MgN4O6-2. The number of aldehydes is 1. The second kappa shape index (κ2) is 12.4. The molecule has 232 valence electrons. The van der Waals surface area contributed by atoms with Crippen LogP contribution in [0.4, 0.5) is 0 Å². The number of ketones is 1. The van der Waals surface area contributed by atoms with E-state index < -0.39 is 29.6 Å². The topological polar surface area (TPSA) is 154 Å². The average Bonchev–Trinajstić information content (AvgIpc) is 3.76. The Labute approximate surface area is 281 Å². The summed E-state index contributed by atoms with van der Waals surface area (Å²) in [5.41, 5.74) is 7.21. The van der Waals surface area contributed by atoms with Crippen LogP contribution in [0.1, 0.15) is 92.4 Å². The molecule has 3 aromatic heterocycles. The number of carboxylic acid groups (broad SMARTS) is 1. The number of aliphatic carboxylic acids is 1. The molecule has 6 rings (SSSR count). The summed E-state index contributed by atoms with van der Waals surface area (Å²) in [4.78, 5) is 65.8. The van der Waals surface area contributed by atoms with Crippen molar-refractivity contribution in [3.63, 3.8) is 0 Å². The summed E-state index contributed by atoms with van der Waals surface area (Å²) < 4.78 is 5.09. The van der Waals surface area contributed by atoms with Crippen molar-refractivity contribution in [3.05, 3.63) is 90.1 Å². The van der Waals surface area contributed by atoms with Crippen molar-refractivity contribution in [1.29, 1.82) is 0 Å². The maximum Gasteiger partial charge on any atom is 2.00 e. The number of methoxy groups -OCH3 is 1. The number of ether oxygens (including phenoxy) is 1. The van der Waals surface area contributed by atoms with Crippen LogP contribution in [0, 0.1) is 31.6 Å². The fraction of sp³-hybridized carbons (Fsp3) is 0.314. The van der Waals surface area contributed by atoms with Crippen LogP contribution in [-0.4, -0.2) is 59.3 Å². The van der Waals surface area contributed by atoms with Gasteiger partial charge >= 0.3 is 35.0 Å². The van der Waals surface area contributed by atoms with Gasteiger partial charge in [0.2, 0.25) is 0 Å². The fourth-order valence-electron chi connectivity index (χ4n) is 6.88. The SMILES string of the molecule is C=Cc1c2[n-]c(c1C)/C=C1/[N-]/C(=C3\c4[n-]c(c(C)c4C(=O)[C@@H]3C(=O)OC)/C=c3\[n-]/c(c(C=O)c3CC)=C\2)[C@@H](CCC(=O)O)[C@@H]1C.[Mg+2]. The molecule has 0 amide bonds. The number of nitrogens with zero attached hydrogens (tertiary/aromatic N) is 4. The monoisotopic (exact) mass is 628 g/mol. The van der Waals surface area contributed by atoms with Gasteiger partial charge in [-0.3, -0.25) is 19.2 Å². The number of allylic oxidation sites excluding steroid dienone is 2. The minimum absolute atomic E-state index is 0. The van der Waals surface area contributed by atoms with Gasteiger partial charge in [0.25, 0.3) is 0 Å². The zero-order valence-electron chi connectivity index (χ0n) is 26.4. The second-order valence-electron chi connectivity index (χ2n) is 11.6. The molecule has 3 aliphatic rings. The summed E-state index contributed by atoms with van der Waals surface area (Å²) in [6.45, 7) is 11.6. The standard InChI is InChI=1S/C35H34N4O6.Mg/c1-7-18-15(3)22-11-23-16(4)20(9-10-28(41)42)32(38-23)30-31(35(44)45-6)34(43)29-17(5)24(39-33(29)30)12-26-19(8-2)21(14-40)27(37-26)13-25(18)36-22;/h7,11-14,16,20,31H,1,8-10H2,2-6H3,(H3,38,39,40,41,42,43);/q-2;+2/p-2/b23-11+,27-13-;/t16-,20-,31+;/m0./s1. The van der Waals surface area contributed by atoms with Gasteiger partial charge in [0, 0.05) is 17.5 Å². The second-order valence-corrected chi connectivity index (χ2v) is 11.6. The number of aromatic nitrogens is 3. The molecule has 0 saturated carbocycles. The molecule has 3 aromatic rings. The zero-order valence-corrected chi connectivity index (χ0v) is 27.8. The van der Waals surface area contributed by atoms with E-state index in [1.54, 1.807) is 25.2 Å². The molecule has 10 nitrogen and oxygen atoms in total. The van der Waals surface area contributed by atoms with E-state index in [9.17, 15) is 24.3 Å². The number of carbonyl (C=O) groups excluding carboxylic acids is 3. The molecule has 0 spiro atoms. The van der Waals surface area contributed by atoms with Gasteiger partial charge in [-0.25, -0.2) is 0 Å². The summed E-state index contributed by atoms with van der Waals surface area (Å²) in [6.07, 6.45) is 8.55. The predicted octanol–water partition coefficient (Wildman–Crippen LogP) is 3.03. The van der Waals surface area contributed by atoms with E-state index in [0.717, 1.165) is 23.0 Å². The van der Waals surface area contributed by atoms with E-state index in [-0.39, 0.29) is 41.8 Å². The number of hydrogen-bond donors (Lipinski definition) is 1. The van der Waals surface area contributed by atoms with Crippen molar-refractivity contribution in [1.82, 2.24) is 15.0 Å². The molecule has 8 bridgehead atoms.